The van der Waals surface area contributed by atoms with Crippen LogP contribution in [0.5, 0.6) is 6.01 Å². The third-order valence-electron chi connectivity index (χ3n) is 1.76. The molecule has 0 aromatic carbocycles. The van der Waals surface area contributed by atoms with E-state index in [0.29, 0.717) is 5.16 Å². The predicted octanol–water partition coefficient (Wildman–Crippen LogP) is 0.961. The van der Waals surface area contributed by atoms with E-state index in [0.717, 1.165) is 5.75 Å². The van der Waals surface area contributed by atoms with Gasteiger partial charge >= 0.3 is 6.01 Å². The number of anilines is 1. The van der Waals surface area contributed by atoms with Crippen molar-refractivity contribution in [2.75, 3.05) is 18.1 Å². The van der Waals surface area contributed by atoms with Crippen molar-refractivity contribution < 1.29 is 9.84 Å². The fourth-order valence-corrected chi connectivity index (χ4v) is 1.79. The van der Waals surface area contributed by atoms with E-state index in [1.807, 2.05) is 20.8 Å². The molecule has 17 heavy (non-hydrogen) atoms. The van der Waals surface area contributed by atoms with Gasteiger partial charge in [0.05, 0.1) is 6.10 Å². The van der Waals surface area contributed by atoms with Crippen LogP contribution in [-0.4, -0.2) is 38.5 Å². The van der Waals surface area contributed by atoms with Crippen molar-refractivity contribution in [1.82, 2.24) is 15.0 Å². The van der Waals surface area contributed by atoms with Crippen LogP contribution < -0.4 is 10.5 Å². The van der Waals surface area contributed by atoms with Crippen LogP contribution in [0.25, 0.3) is 0 Å². The lowest BCUT2D eigenvalue weighted by Crippen LogP contribution is -2.11. The lowest BCUT2D eigenvalue weighted by atomic mass is 10.2. The van der Waals surface area contributed by atoms with E-state index >= 15 is 0 Å². The summed E-state index contributed by atoms with van der Waals surface area (Å²) in [5.41, 5.74) is 5.57. The summed E-state index contributed by atoms with van der Waals surface area (Å²) in [6.45, 7) is 5.87. The quantitative estimate of drug-likeness (QED) is 0.734. The highest BCUT2D eigenvalue weighted by atomic mass is 32.2. The van der Waals surface area contributed by atoms with Crippen LogP contribution in [0.4, 0.5) is 5.95 Å². The zero-order valence-electron chi connectivity index (χ0n) is 10.3. The van der Waals surface area contributed by atoms with Crippen LogP contribution >= 0.6 is 11.8 Å². The van der Waals surface area contributed by atoms with E-state index in [-0.39, 0.29) is 30.6 Å². The summed E-state index contributed by atoms with van der Waals surface area (Å²) in [7, 11) is 0. The molecule has 1 unspecified atom stereocenters. The van der Waals surface area contributed by atoms with Crippen molar-refractivity contribution in [2.24, 2.45) is 5.92 Å². The Hall–Kier alpha value is -1.08. The van der Waals surface area contributed by atoms with Gasteiger partial charge < -0.3 is 15.6 Å². The molecule has 0 radical (unpaired) electrons. The highest BCUT2D eigenvalue weighted by molar-refractivity contribution is 7.99. The molecule has 7 heteroatoms. The maximum absolute atomic E-state index is 8.93. The monoisotopic (exact) mass is 258 g/mol. The molecular formula is C10H18N4O2S. The molecule has 1 atom stereocenters. The van der Waals surface area contributed by atoms with Crippen molar-refractivity contribution in [2.45, 2.75) is 32.0 Å². The van der Waals surface area contributed by atoms with Crippen LogP contribution in [0, 0.1) is 5.92 Å². The van der Waals surface area contributed by atoms with Gasteiger partial charge in [0.15, 0.2) is 5.16 Å². The maximum Gasteiger partial charge on any atom is 0.322 e. The molecule has 0 aliphatic carbocycles. The third-order valence-corrected chi connectivity index (χ3v) is 2.94. The molecule has 1 aromatic rings. The summed E-state index contributed by atoms with van der Waals surface area (Å²) in [5, 5.41) is 9.45. The minimum Gasteiger partial charge on any atom is -0.461 e. The number of aliphatic hydroxyl groups excluding tert-OH is 1. The Kier molecular flexibility index (Phi) is 5.43. The molecule has 0 amide bonds. The smallest absolute Gasteiger partial charge is 0.322 e. The van der Waals surface area contributed by atoms with Gasteiger partial charge in [-0.3, -0.25) is 0 Å². The van der Waals surface area contributed by atoms with Crippen molar-refractivity contribution in [1.29, 1.82) is 0 Å². The molecule has 0 bridgehead atoms. The van der Waals surface area contributed by atoms with E-state index in [1.54, 1.807) is 0 Å². The number of ether oxygens (including phenoxy) is 1. The van der Waals surface area contributed by atoms with Gasteiger partial charge in [0.25, 0.3) is 0 Å². The van der Waals surface area contributed by atoms with Gasteiger partial charge in [0, 0.05) is 12.4 Å². The number of nitrogens with zero attached hydrogens (tertiary/aromatic N) is 3. The lowest BCUT2D eigenvalue weighted by molar-refractivity contribution is 0.219. The third kappa shape index (κ3) is 5.18. The molecule has 0 aliphatic rings. The molecule has 6 nitrogen and oxygen atoms in total. The SMILES string of the molecule is CC(CO)CSc1nc(N)nc(OC(C)C)n1. The summed E-state index contributed by atoms with van der Waals surface area (Å²) >= 11 is 1.43. The Morgan fingerprint density at radius 3 is 2.59 bits per heavy atom. The zero-order chi connectivity index (χ0) is 12.8. The first-order chi connectivity index (χ1) is 8.01. The van der Waals surface area contributed by atoms with Crippen LogP contribution in [0.2, 0.25) is 0 Å². The highest BCUT2D eigenvalue weighted by Crippen LogP contribution is 2.19. The second-order valence-corrected chi connectivity index (χ2v) is 5.01. The fraction of sp³-hybridized carbons (Fsp3) is 0.700. The van der Waals surface area contributed by atoms with E-state index in [4.69, 9.17) is 15.6 Å². The second-order valence-electron chi connectivity index (χ2n) is 4.02. The van der Waals surface area contributed by atoms with Gasteiger partial charge in [-0.15, -0.1) is 0 Å². The molecule has 0 saturated carbocycles. The minimum absolute atomic E-state index is 0.00832. The van der Waals surface area contributed by atoms with Crippen molar-refractivity contribution in [3.05, 3.63) is 0 Å². The average Bonchev–Trinajstić information content (AvgIpc) is 2.24. The molecule has 0 saturated heterocycles. The molecule has 0 spiro atoms. The molecule has 1 heterocycles. The first-order valence-electron chi connectivity index (χ1n) is 5.43. The average molecular weight is 258 g/mol. The number of hydrogen-bond acceptors (Lipinski definition) is 7. The molecule has 3 N–H and O–H groups in total. The second kappa shape index (κ2) is 6.61. The van der Waals surface area contributed by atoms with Gasteiger partial charge in [0.2, 0.25) is 5.95 Å². The summed E-state index contributed by atoms with van der Waals surface area (Å²) in [4.78, 5) is 12.0. The Balaban J connectivity index is 2.68. The number of nitrogens with two attached hydrogens (primary N) is 1. The first kappa shape index (κ1) is 14.0. The fourth-order valence-electron chi connectivity index (χ4n) is 0.950. The number of rotatable bonds is 6. The Morgan fingerprint density at radius 2 is 2.00 bits per heavy atom. The van der Waals surface area contributed by atoms with E-state index in [9.17, 15) is 0 Å². The Bertz CT molecular complexity index is 362. The zero-order valence-corrected chi connectivity index (χ0v) is 11.1. The summed E-state index contributed by atoms with van der Waals surface area (Å²) in [6.07, 6.45) is -0.00832. The summed E-state index contributed by atoms with van der Waals surface area (Å²) in [6, 6.07) is 0.242. The van der Waals surface area contributed by atoms with Gasteiger partial charge in [0.1, 0.15) is 0 Å². The largest absolute Gasteiger partial charge is 0.461 e. The predicted molar refractivity (Wildman–Crippen MR) is 67.0 cm³/mol. The van der Waals surface area contributed by atoms with Gasteiger partial charge in [-0.05, 0) is 19.8 Å². The Labute approximate surface area is 105 Å². The summed E-state index contributed by atoms with van der Waals surface area (Å²) in [5.74, 6) is 1.06. The molecule has 0 aliphatic heterocycles. The minimum atomic E-state index is -0.00832. The van der Waals surface area contributed by atoms with Crippen LogP contribution in [-0.2, 0) is 0 Å². The Morgan fingerprint density at radius 1 is 1.29 bits per heavy atom. The standard InChI is InChI=1S/C10H18N4O2S/c1-6(2)16-9-12-8(11)13-10(14-9)17-5-7(3)4-15/h6-7,15H,4-5H2,1-3H3,(H2,11,12,13,14). The molecule has 96 valence electrons. The molecule has 0 fully saturated rings. The lowest BCUT2D eigenvalue weighted by Gasteiger charge is -2.09. The number of aromatic nitrogens is 3. The van der Waals surface area contributed by atoms with Crippen LogP contribution in [0.15, 0.2) is 5.16 Å². The van der Waals surface area contributed by atoms with E-state index in [2.05, 4.69) is 15.0 Å². The number of hydrogen-bond donors (Lipinski definition) is 2. The molecular weight excluding hydrogens is 240 g/mol. The van der Waals surface area contributed by atoms with E-state index in [1.165, 1.54) is 11.8 Å². The van der Waals surface area contributed by atoms with Gasteiger partial charge in [-0.1, -0.05) is 18.7 Å². The molecule has 1 aromatic heterocycles. The van der Waals surface area contributed by atoms with Gasteiger partial charge in [-0.2, -0.15) is 15.0 Å². The summed E-state index contributed by atoms with van der Waals surface area (Å²) < 4.78 is 5.36. The van der Waals surface area contributed by atoms with E-state index < -0.39 is 0 Å². The number of nitrogen functional groups attached to an aromatic ring is 1. The van der Waals surface area contributed by atoms with Crippen molar-refractivity contribution >= 4 is 17.7 Å². The van der Waals surface area contributed by atoms with Crippen LogP contribution in [0.1, 0.15) is 20.8 Å². The normalized spacial score (nSPS) is 12.8. The molecule has 1 rings (SSSR count). The van der Waals surface area contributed by atoms with Gasteiger partial charge in [-0.25, -0.2) is 0 Å². The highest BCUT2D eigenvalue weighted by Gasteiger charge is 2.09. The maximum atomic E-state index is 8.93. The van der Waals surface area contributed by atoms with Crippen molar-refractivity contribution in [3.8, 4) is 6.01 Å². The first-order valence-corrected chi connectivity index (χ1v) is 6.41. The van der Waals surface area contributed by atoms with Crippen molar-refractivity contribution in [3.63, 3.8) is 0 Å². The number of thioether (sulfide) groups is 1. The van der Waals surface area contributed by atoms with Crippen LogP contribution in [0.3, 0.4) is 0 Å². The number of aliphatic hydroxyl groups is 1. The topological polar surface area (TPSA) is 94.2 Å².